The lowest BCUT2D eigenvalue weighted by molar-refractivity contribution is -0.160. The van der Waals surface area contributed by atoms with Crippen LogP contribution in [0.2, 0.25) is 0 Å². The molecule has 2 aliphatic heterocycles. The third-order valence-corrected chi connectivity index (χ3v) is 5.54. The molecule has 1 amide bonds. The van der Waals surface area contributed by atoms with E-state index in [4.69, 9.17) is 4.74 Å². The highest BCUT2D eigenvalue weighted by atomic mass is 16.5. The number of carbonyl (C=O) groups excluding carboxylic acids is 1. The van der Waals surface area contributed by atoms with Gasteiger partial charge in [-0.3, -0.25) is 9.69 Å². The number of hydrogen-bond acceptors (Lipinski definition) is 4. The molecule has 1 aromatic carbocycles. The quantitative estimate of drug-likeness (QED) is 0.852. The lowest BCUT2D eigenvalue weighted by atomic mass is 9.90. The number of carbonyl (C=O) groups is 1. The largest absolute Gasteiger partial charge is 0.381 e. The number of nitrogens with zero attached hydrogens (tertiary/aromatic N) is 2. The van der Waals surface area contributed by atoms with Crippen molar-refractivity contribution in [1.82, 2.24) is 9.80 Å². The van der Waals surface area contributed by atoms with E-state index >= 15 is 0 Å². The van der Waals surface area contributed by atoms with Gasteiger partial charge in [0.1, 0.15) is 0 Å². The Morgan fingerprint density at radius 3 is 2.72 bits per heavy atom. The zero-order valence-corrected chi connectivity index (χ0v) is 15.2. The molecule has 0 radical (unpaired) electrons. The van der Waals surface area contributed by atoms with Gasteiger partial charge in [0.05, 0.1) is 0 Å². The molecule has 2 aliphatic rings. The van der Waals surface area contributed by atoms with Crippen molar-refractivity contribution in [1.29, 1.82) is 0 Å². The Morgan fingerprint density at radius 2 is 2.00 bits per heavy atom. The fourth-order valence-electron chi connectivity index (χ4n) is 4.00. The number of aliphatic hydroxyl groups is 1. The van der Waals surface area contributed by atoms with Crippen molar-refractivity contribution in [2.75, 3.05) is 39.9 Å². The van der Waals surface area contributed by atoms with Crippen LogP contribution in [-0.2, 0) is 16.0 Å². The minimum Gasteiger partial charge on any atom is -0.381 e. The van der Waals surface area contributed by atoms with Gasteiger partial charge in [-0.1, -0.05) is 30.3 Å². The van der Waals surface area contributed by atoms with E-state index in [0.717, 1.165) is 45.4 Å². The molecule has 1 atom stereocenters. The van der Waals surface area contributed by atoms with Gasteiger partial charge < -0.3 is 14.7 Å². The molecule has 5 nitrogen and oxygen atoms in total. The minimum absolute atomic E-state index is 0.103. The maximum Gasteiger partial charge on any atom is 0.255 e. The van der Waals surface area contributed by atoms with Crippen LogP contribution in [0.1, 0.15) is 31.2 Å². The summed E-state index contributed by atoms with van der Waals surface area (Å²) >= 11 is 0. The smallest absolute Gasteiger partial charge is 0.255 e. The first kappa shape index (κ1) is 18.4. The summed E-state index contributed by atoms with van der Waals surface area (Å²) in [6, 6.07) is 10.6. The Bertz CT molecular complexity index is 559. The molecule has 0 unspecified atom stereocenters. The molecule has 25 heavy (non-hydrogen) atoms. The van der Waals surface area contributed by atoms with Crippen molar-refractivity contribution in [2.24, 2.45) is 0 Å². The first-order chi connectivity index (χ1) is 12.1. The van der Waals surface area contributed by atoms with Crippen LogP contribution < -0.4 is 0 Å². The normalized spacial score (nSPS) is 25.6. The van der Waals surface area contributed by atoms with Crippen LogP contribution in [0.15, 0.2) is 30.3 Å². The van der Waals surface area contributed by atoms with Gasteiger partial charge in [-0.15, -0.1) is 0 Å². The molecule has 5 heteroatoms. The van der Waals surface area contributed by atoms with Crippen molar-refractivity contribution in [3.63, 3.8) is 0 Å². The standard InChI is InChI=1S/C20H30N2O3/c1-21(18-9-14-25-15-10-18)16-20(24)11-5-12-22(19(20)23)13-8-17-6-3-2-4-7-17/h2-4,6-7,18,24H,5,8-16H2,1H3/t20-/m0/s1. The summed E-state index contributed by atoms with van der Waals surface area (Å²) in [6.07, 6.45) is 4.19. The minimum atomic E-state index is -1.25. The molecule has 0 aliphatic carbocycles. The van der Waals surface area contributed by atoms with E-state index < -0.39 is 5.60 Å². The lowest BCUT2D eigenvalue weighted by Crippen LogP contribution is -2.59. The summed E-state index contributed by atoms with van der Waals surface area (Å²) in [7, 11) is 2.02. The van der Waals surface area contributed by atoms with E-state index in [0.29, 0.717) is 25.6 Å². The van der Waals surface area contributed by atoms with E-state index in [9.17, 15) is 9.90 Å². The number of benzene rings is 1. The Balaban J connectivity index is 1.57. The molecule has 0 saturated carbocycles. The van der Waals surface area contributed by atoms with Crippen molar-refractivity contribution >= 4 is 5.91 Å². The van der Waals surface area contributed by atoms with Gasteiger partial charge in [0.25, 0.3) is 5.91 Å². The number of piperidine rings is 1. The second kappa shape index (κ2) is 8.30. The molecule has 138 valence electrons. The number of amides is 1. The second-order valence-electron chi connectivity index (χ2n) is 7.42. The molecule has 2 saturated heterocycles. The van der Waals surface area contributed by atoms with Crippen LogP contribution in [0.4, 0.5) is 0 Å². The highest BCUT2D eigenvalue weighted by Crippen LogP contribution is 2.26. The van der Waals surface area contributed by atoms with Crippen molar-refractivity contribution in [2.45, 2.75) is 43.7 Å². The van der Waals surface area contributed by atoms with Gasteiger partial charge in [-0.05, 0) is 44.7 Å². The molecule has 0 spiro atoms. The molecule has 2 fully saturated rings. The molecule has 3 rings (SSSR count). The summed E-state index contributed by atoms with van der Waals surface area (Å²) in [5, 5.41) is 11.0. The Labute approximate surface area is 150 Å². The summed E-state index contributed by atoms with van der Waals surface area (Å²) in [5.74, 6) is -0.103. The SMILES string of the molecule is CN(C[C@@]1(O)CCCN(CCc2ccccc2)C1=O)C1CCOCC1. The maximum absolute atomic E-state index is 12.9. The van der Waals surface area contributed by atoms with Gasteiger partial charge >= 0.3 is 0 Å². The number of rotatable bonds is 6. The zero-order valence-electron chi connectivity index (χ0n) is 15.2. The molecular weight excluding hydrogens is 316 g/mol. The van der Waals surface area contributed by atoms with Crippen LogP contribution in [-0.4, -0.2) is 72.4 Å². The lowest BCUT2D eigenvalue weighted by Gasteiger charge is -2.42. The van der Waals surface area contributed by atoms with E-state index in [1.54, 1.807) is 0 Å². The predicted octanol–water partition coefficient (Wildman–Crippen LogP) is 1.69. The summed E-state index contributed by atoms with van der Waals surface area (Å²) < 4.78 is 5.41. The van der Waals surface area contributed by atoms with Crippen LogP contribution in [0.25, 0.3) is 0 Å². The van der Waals surface area contributed by atoms with Crippen LogP contribution in [0.5, 0.6) is 0 Å². The highest BCUT2D eigenvalue weighted by molar-refractivity contribution is 5.86. The monoisotopic (exact) mass is 346 g/mol. The molecule has 0 aromatic heterocycles. The van der Waals surface area contributed by atoms with Crippen LogP contribution in [0, 0.1) is 0 Å². The maximum atomic E-state index is 12.9. The van der Waals surface area contributed by atoms with E-state index in [2.05, 4.69) is 17.0 Å². The summed E-state index contributed by atoms with van der Waals surface area (Å²) in [5.41, 5.74) is -0.0223. The average molecular weight is 346 g/mol. The molecule has 1 aromatic rings. The van der Waals surface area contributed by atoms with Gasteiger partial charge in [0.15, 0.2) is 5.60 Å². The fraction of sp³-hybridized carbons (Fsp3) is 0.650. The van der Waals surface area contributed by atoms with E-state index in [1.807, 2.05) is 30.1 Å². The van der Waals surface area contributed by atoms with Crippen LogP contribution in [0.3, 0.4) is 0 Å². The Hall–Kier alpha value is -1.43. The number of ether oxygens (including phenoxy) is 1. The first-order valence-corrected chi connectivity index (χ1v) is 9.42. The third kappa shape index (κ3) is 4.60. The molecular formula is C20H30N2O3. The van der Waals surface area contributed by atoms with Crippen molar-refractivity contribution < 1.29 is 14.6 Å². The van der Waals surface area contributed by atoms with Crippen molar-refractivity contribution in [3.8, 4) is 0 Å². The summed E-state index contributed by atoms with van der Waals surface area (Å²) in [6.45, 7) is 3.37. The number of hydrogen-bond donors (Lipinski definition) is 1. The molecule has 0 bridgehead atoms. The Kier molecular flexibility index (Phi) is 6.10. The third-order valence-electron chi connectivity index (χ3n) is 5.54. The van der Waals surface area contributed by atoms with E-state index in [1.165, 1.54) is 5.56 Å². The fourth-order valence-corrected chi connectivity index (χ4v) is 4.00. The first-order valence-electron chi connectivity index (χ1n) is 9.42. The zero-order chi connectivity index (χ0) is 17.7. The van der Waals surface area contributed by atoms with Crippen LogP contribution >= 0.6 is 0 Å². The molecule has 1 N–H and O–H groups in total. The molecule has 2 heterocycles. The highest BCUT2D eigenvalue weighted by Gasteiger charge is 2.43. The van der Waals surface area contributed by atoms with Crippen molar-refractivity contribution in [3.05, 3.63) is 35.9 Å². The van der Waals surface area contributed by atoms with Gasteiger partial charge in [0.2, 0.25) is 0 Å². The van der Waals surface area contributed by atoms with Gasteiger partial charge in [-0.25, -0.2) is 0 Å². The topological polar surface area (TPSA) is 53.0 Å². The number of likely N-dealkylation sites (N-methyl/N-ethyl adjacent to an activating group) is 1. The average Bonchev–Trinajstić information content (AvgIpc) is 2.64. The van der Waals surface area contributed by atoms with E-state index in [-0.39, 0.29) is 5.91 Å². The predicted molar refractivity (Wildman–Crippen MR) is 97.4 cm³/mol. The Morgan fingerprint density at radius 1 is 1.28 bits per heavy atom. The van der Waals surface area contributed by atoms with Gasteiger partial charge in [0, 0.05) is 38.9 Å². The van der Waals surface area contributed by atoms with Gasteiger partial charge in [-0.2, -0.15) is 0 Å². The second-order valence-corrected chi connectivity index (χ2v) is 7.42. The summed E-state index contributed by atoms with van der Waals surface area (Å²) in [4.78, 5) is 16.9. The number of likely N-dealkylation sites (tertiary alicyclic amines) is 1.